The summed E-state index contributed by atoms with van der Waals surface area (Å²) < 4.78 is 15.4. The molecular weight excluding hydrogens is 440 g/mol. The van der Waals surface area contributed by atoms with Crippen molar-refractivity contribution in [2.75, 3.05) is 39.4 Å². The fourth-order valence-corrected chi connectivity index (χ4v) is 3.50. The van der Waals surface area contributed by atoms with Crippen LogP contribution in [-0.2, 0) is 20.8 Å². The van der Waals surface area contributed by atoms with Gasteiger partial charge in [-0.1, -0.05) is 30.3 Å². The third kappa shape index (κ3) is 6.34. The van der Waals surface area contributed by atoms with E-state index >= 15 is 0 Å². The van der Waals surface area contributed by atoms with Crippen LogP contribution in [0.25, 0.3) is 0 Å². The van der Waals surface area contributed by atoms with Crippen molar-refractivity contribution in [2.24, 2.45) is 0 Å². The summed E-state index contributed by atoms with van der Waals surface area (Å²) in [5.74, 6) is -1.61. The third-order valence-electron chi connectivity index (χ3n) is 5.23. The maximum absolute atomic E-state index is 13.1. The van der Waals surface area contributed by atoms with Gasteiger partial charge >= 0.3 is 18.0 Å². The second-order valence-corrected chi connectivity index (χ2v) is 7.56. The largest absolute Gasteiger partial charge is 0.462 e. The number of amides is 2. The Bertz CT molecular complexity index is 995. The van der Waals surface area contributed by atoms with Gasteiger partial charge in [-0.2, -0.15) is 0 Å². The normalized spacial score (nSPS) is 13.2. The van der Waals surface area contributed by atoms with E-state index in [4.69, 9.17) is 14.2 Å². The molecule has 2 aromatic rings. The van der Waals surface area contributed by atoms with Crippen LogP contribution < -0.4 is 0 Å². The molecule has 9 heteroatoms. The average molecular weight is 469 g/mol. The van der Waals surface area contributed by atoms with E-state index < -0.39 is 18.0 Å². The van der Waals surface area contributed by atoms with E-state index in [1.165, 1.54) is 18.2 Å². The molecule has 180 valence electrons. The zero-order valence-corrected chi connectivity index (χ0v) is 19.3. The highest BCUT2D eigenvalue weighted by atomic mass is 16.6. The predicted molar refractivity (Wildman–Crippen MR) is 122 cm³/mol. The Morgan fingerprint density at radius 1 is 0.706 bits per heavy atom. The molecule has 0 atom stereocenters. The van der Waals surface area contributed by atoms with Gasteiger partial charge in [0, 0.05) is 31.7 Å². The van der Waals surface area contributed by atoms with E-state index in [1.807, 2.05) is 30.3 Å². The summed E-state index contributed by atoms with van der Waals surface area (Å²) in [5.41, 5.74) is 1.26. The highest BCUT2D eigenvalue weighted by Gasteiger charge is 2.27. The molecule has 1 heterocycles. The van der Waals surface area contributed by atoms with Gasteiger partial charge in [0.15, 0.2) is 0 Å². The Morgan fingerprint density at radius 2 is 1.21 bits per heavy atom. The summed E-state index contributed by atoms with van der Waals surface area (Å²) in [6.45, 7) is 5.03. The van der Waals surface area contributed by atoms with Crippen LogP contribution in [0.3, 0.4) is 0 Å². The molecule has 0 aromatic heterocycles. The van der Waals surface area contributed by atoms with Crippen LogP contribution in [0.2, 0.25) is 0 Å². The van der Waals surface area contributed by atoms with Gasteiger partial charge in [0.1, 0.15) is 6.61 Å². The van der Waals surface area contributed by atoms with E-state index in [9.17, 15) is 19.2 Å². The quantitative estimate of drug-likeness (QED) is 0.454. The summed E-state index contributed by atoms with van der Waals surface area (Å²) in [4.78, 5) is 53.1. The minimum atomic E-state index is -0.631. The standard InChI is InChI=1S/C25H28N2O7/c1-3-32-23(29)20-14-19(15-21(16-20)24(30)33-4-2)22(28)26-10-12-27(13-11-26)25(31)34-17-18-8-6-5-7-9-18/h5-9,14-16H,3-4,10-13,17H2,1-2H3. The number of hydrogen-bond acceptors (Lipinski definition) is 7. The van der Waals surface area contributed by atoms with Crippen LogP contribution in [0.15, 0.2) is 48.5 Å². The van der Waals surface area contributed by atoms with E-state index in [1.54, 1.807) is 23.6 Å². The summed E-state index contributed by atoms with van der Waals surface area (Å²) >= 11 is 0. The molecule has 0 bridgehead atoms. The Balaban J connectivity index is 1.65. The fraction of sp³-hybridized carbons (Fsp3) is 0.360. The summed E-state index contributed by atoms with van der Waals surface area (Å²) in [6.07, 6.45) is -0.440. The van der Waals surface area contributed by atoms with Gasteiger partial charge in [-0.3, -0.25) is 4.79 Å². The van der Waals surface area contributed by atoms with Crippen molar-refractivity contribution in [1.82, 2.24) is 9.80 Å². The number of carbonyl (C=O) groups is 4. The predicted octanol–water partition coefficient (Wildman–Crippen LogP) is 3.13. The Labute approximate surface area is 198 Å². The lowest BCUT2D eigenvalue weighted by Crippen LogP contribution is -2.50. The Hall–Kier alpha value is -3.88. The van der Waals surface area contributed by atoms with E-state index in [-0.39, 0.29) is 55.5 Å². The number of hydrogen-bond donors (Lipinski definition) is 0. The molecule has 0 aliphatic carbocycles. The fourth-order valence-electron chi connectivity index (χ4n) is 3.50. The number of carbonyl (C=O) groups excluding carboxylic acids is 4. The maximum atomic E-state index is 13.1. The van der Waals surface area contributed by atoms with Gasteiger partial charge in [0.25, 0.3) is 5.91 Å². The molecule has 34 heavy (non-hydrogen) atoms. The Morgan fingerprint density at radius 3 is 1.74 bits per heavy atom. The monoisotopic (exact) mass is 468 g/mol. The molecule has 0 N–H and O–H groups in total. The third-order valence-corrected chi connectivity index (χ3v) is 5.23. The average Bonchev–Trinajstić information content (AvgIpc) is 2.87. The molecule has 1 aliphatic heterocycles. The summed E-state index contributed by atoms with van der Waals surface area (Å²) in [6, 6.07) is 13.5. The first kappa shape index (κ1) is 24.8. The number of benzene rings is 2. The molecule has 1 aliphatic rings. The molecular formula is C25H28N2O7. The molecule has 0 spiro atoms. The van der Waals surface area contributed by atoms with Crippen LogP contribution in [-0.4, -0.2) is 73.1 Å². The van der Waals surface area contributed by atoms with Crippen LogP contribution in [0, 0.1) is 0 Å². The zero-order chi connectivity index (χ0) is 24.5. The van der Waals surface area contributed by atoms with Crippen molar-refractivity contribution >= 4 is 23.9 Å². The smallest absolute Gasteiger partial charge is 0.410 e. The molecule has 2 amide bonds. The summed E-state index contributed by atoms with van der Waals surface area (Å²) in [7, 11) is 0. The topological polar surface area (TPSA) is 102 Å². The van der Waals surface area contributed by atoms with Crippen molar-refractivity contribution in [3.05, 3.63) is 70.8 Å². The van der Waals surface area contributed by atoms with Gasteiger partial charge in [0.05, 0.1) is 24.3 Å². The van der Waals surface area contributed by atoms with Gasteiger partial charge < -0.3 is 24.0 Å². The van der Waals surface area contributed by atoms with Crippen molar-refractivity contribution in [2.45, 2.75) is 20.5 Å². The molecule has 0 saturated carbocycles. The molecule has 1 fully saturated rings. The minimum Gasteiger partial charge on any atom is -0.462 e. The Kier molecular flexibility index (Phi) is 8.61. The lowest BCUT2D eigenvalue weighted by molar-refractivity contribution is 0.0521. The lowest BCUT2D eigenvalue weighted by Gasteiger charge is -2.34. The highest BCUT2D eigenvalue weighted by molar-refractivity contribution is 6.02. The zero-order valence-electron chi connectivity index (χ0n) is 19.3. The minimum absolute atomic E-state index is 0.0962. The second-order valence-electron chi connectivity index (χ2n) is 7.56. The molecule has 0 unspecified atom stereocenters. The number of nitrogens with zero attached hydrogens (tertiary/aromatic N) is 2. The first-order valence-electron chi connectivity index (χ1n) is 11.2. The first-order valence-corrected chi connectivity index (χ1v) is 11.2. The SMILES string of the molecule is CCOC(=O)c1cc(C(=O)OCC)cc(C(=O)N2CCN(C(=O)OCc3ccccc3)CC2)c1. The number of esters is 2. The highest BCUT2D eigenvalue weighted by Crippen LogP contribution is 2.17. The summed E-state index contributed by atoms with van der Waals surface area (Å²) in [5, 5.41) is 0. The van der Waals surface area contributed by atoms with Crippen LogP contribution in [0.5, 0.6) is 0 Å². The van der Waals surface area contributed by atoms with E-state index in [2.05, 4.69) is 0 Å². The number of ether oxygens (including phenoxy) is 3. The number of rotatable bonds is 7. The van der Waals surface area contributed by atoms with E-state index in [0.717, 1.165) is 5.56 Å². The van der Waals surface area contributed by atoms with Crippen molar-refractivity contribution in [3.63, 3.8) is 0 Å². The molecule has 0 radical (unpaired) electrons. The molecule has 2 aromatic carbocycles. The van der Waals surface area contributed by atoms with Crippen molar-refractivity contribution < 1.29 is 33.4 Å². The van der Waals surface area contributed by atoms with Gasteiger partial charge in [0.2, 0.25) is 0 Å². The molecule has 1 saturated heterocycles. The van der Waals surface area contributed by atoms with Crippen LogP contribution in [0.1, 0.15) is 50.5 Å². The first-order chi connectivity index (χ1) is 16.4. The van der Waals surface area contributed by atoms with Crippen molar-refractivity contribution in [1.29, 1.82) is 0 Å². The van der Waals surface area contributed by atoms with Gasteiger partial charge in [-0.05, 0) is 37.6 Å². The van der Waals surface area contributed by atoms with Crippen molar-refractivity contribution in [3.8, 4) is 0 Å². The van der Waals surface area contributed by atoms with E-state index in [0.29, 0.717) is 13.1 Å². The number of piperazine rings is 1. The van der Waals surface area contributed by atoms with Gasteiger partial charge in [-0.15, -0.1) is 0 Å². The maximum Gasteiger partial charge on any atom is 0.410 e. The lowest BCUT2D eigenvalue weighted by atomic mass is 10.0. The van der Waals surface area contributed by atoms with Crippen LogP contribution in [0.4, 0.5) is 4.79 Å². The molecule has 3 rings (SSSR count). The molecule has 9 nitrogen and oxygen atoms in total. The van der Waals surface area contributed by atoms with Crippen LogP contribution >= 0.6 is 0 Å². The second kappa shape index (κ2) is 11.8. The van der Waals surface area contributed by atoms with Gasteiger partial charge in [-0.25, -0.2) is 14.4 Å².